The topological polar surface area (TPSA) is 115 Å². The Bertz CT molecular complexity index is 1340. The van der Waals surface area contributed by atoms with E-state index in [1.165, 1.54) is 12.1 Å². The molecule has 0 saturated heterocycles. The van der Waals surface area contributed by atoms with Crippen molar-refractivity contribution in [1.82, 2.24) is 4.98 Å². The molecule has 32 heavy (non-hydrogen) atoms. The molecule has 0 aliphatic heterocycles. The Labute approximate surface area is 186 Å². The maximum absolute atomic E-state index is 10.8. The molecule has 0 fully saturated rings. The molecule has 0 spiro atoms. The molecule has 1 heterocycles. The van der Waals surface area contributed by atoms with Crippen LogP contribution < -0.4 is 4.90 Å². The van der Waals surface area contributed by atoms with Crippen molar-refractivity contribution in [3.8, 4) is 5.75 Å². The Balaban J connectivity index is 0.000000186. The molecule has 4 aromatic rings. The van der Waals surface area contributed by atoms with Crippen LogP contribution in [0.5, 0.6) is 5.75 Å². The van der Waals surface area contributed by atoms with Gasteiger partial charge in [0.2, 0.25) is 0 Å². The number of azo groups is 1. The van der Waals surface area contributed by atoms with Gasteiger partial charge in [0.15, 0.2) is 5.82 Å². The number of anilines is 1. The minimum Gasteiger partial charge on any atom is -0.506 e. The summed E-state index contributed by atoms with van der Waals surface area (Å²) in [7, 11) is -0.281. The fourth-order valence-corrected chi connectivity index (χ4v) is 3.24. The van der Waals surface area contributed by atoms with Crippen LogP contribution in [0.3, 0.4) is 0 Å². The van der Waals surface area contributed by atoms with Crippen LogP contribution in [-0.2, 0) is 10.1 Å². The number of hydrogen-bond donors (Lipinski definition) is 2. The van der Waals surface area contributed by atoms with Crippen LogP contribution in [0, 0.1) is 0 Å². The van der Waals surface area contributed by atoms with E-state index in [1.807, 2.05) is 55.4 Å². The van der Waals surface area contributed by atoms with Crippen LogP contribution in [0.1, 0.15) is 0 Å². The monoisotopic (exact) mass is 450 g/mol. The van der Waals surface area contributed by atoms with Crippen molar-refractivity contribution in [3.63, 3.8) is 0 Å². The zero-order valence-corrected chi connectivity index (χ0v) is 18.3. The summed E-state index contributed by atoms with van der Waals surface area (Å²) in [5.74, 6) is 0.606. The zero-order valence-electron chi connectivity index (χ0n) is 17.5. The third-order valence-electron chi connectivity index (χ3n) is 4.40. The highest BCUT2D eigenvalue weighted by Crippen LogP contribution is 2.31. The van der Waals surface area contributed by atoms with Crippen LogP contribution >= 0.6 is 0 Å². The predicted molar refractivity (Wildman–Crippen MR) is 125 cm³/mol. The molecule has 1 aromatic heterocycles. The molecule has 0 aliphatic rings. The van der Waals surface area contributed by atoms with E-state index < -0.39 is 10.1 Å². The van der Waals surface area contributed by atoms with Gasteiger partial charge in [-0.2, -0.15) is 8.42 Å². The van der Waals surface area contributed by atoms with E-state index >= 15 is 0 Å². The van der Waals surface area contributed by atoms with E-state index in [0.717, 1.165) is 16.5 Å². The minimum absolute atomic E-state index is 0.0730. The zero-order chi connectivity index (χ0) is 23.1. The summed E-state index contributed by atoms with van der Waals surface area (Å²) >= 11 is 0. The number of pyridine rings is 1. The average Bonchev–Trinajstić information content (AvgIpc) is 2.78. The van der Waals surface area contributed by atoms with Crippen LogP contribution in [-0.4, -0.2) is 37.2 Å². The van der Waals surface area contributed by atoms with Gasteiger partial charge in [-0.1, -0.05) is 36.4 Å². The molecule has 0 atom stereocenters. The summed E-state index contributed by atoms with van der Waals surface area (Å²) in [6, 6.07) is 22.5. The van der Waals surface area contributed by atoms with Gasteiger partial charge in [0.25, 0.3) is 10.1 Å². The smallest absolute Gasteiger partial charge is 0.294 e. The first-order chi connectivity index (χ1) is 15.2. The van der Waals surface area contributed by atoms with Gasteiger partial charge >= 0.3 is 0 Å². The van der Waals surface area contributed by atoms with Crippen molar-refractivity contribution in [2.45, 2.75) is 4.90 Å². The molecule has 0 amide bonds. The number of rotatable bonds is 4. The number of phenols is 1. The van der Waals surface area contributed by atoms with Gasteiger partial charge in [-0.15, -0.1) is 10.2 Å². The van der Waals surface area contributed by atoms with E-state index in [2.05, 4.69) is 15.2 Å². The summed E-state index contributed by atoms with van der Waals surface area (Å²) < 4.78 is 30.5. The van der Waals surface area contributed by atoms with E-state index in [-0.39, 0.29) is 10.6 Å². The van der Waals surface area contributed by atoms with Gasteiger partial charge < -0.3 is 10.0 Å². The summed E-state index contributed by atoms with van der Waals surface area (Å²) in [6.45, 7) is 0. The third-order valence-corrected chi connectivity index (χ3v) is 5.25. The predicted octanol–water partition coefficient (Wildman–Crippen LogP) is 5.36. The molecule has 4 rings (SSSR count). The molecule has 0 bridgehead atoms. The normalized spacial score (nSPS) is 11.2. The standard InChI is InChI=1S/C13H14N4O.C10H8O3S/c1-17(2)10-6-7-11(12(18)9-10)15-16-13-5-3-4-8-14-13;11-14(12,13)10-6-5-8-3-1-2-4-9(8)7-10/h3-9,18H,1-2H3;1-7H,(H,11,12,13). The molecule has 0 saturated carbocycles. The number of fused-ring (bicyclic) bond motifs is 1. The highest BCUT2D eigenvalue weighted by atomic mass is 32.2. The lowest BCUT2D eigenvalue weighted by Crippen LogP contribution is -2.07. The Morgan fingerprint density at radius 3 is 2.19 bits per heavy atom. The first-order valence-corrected chi connectivity index (χ1v) is 11.0. The first-order valence-electron chi connectivity index (χ1n) is 9.53. The van der Waals surface area contributed by atoms with Crippen molar-refractivity contribution in [3.05, 3.63) is 85.1 Å². The quantitative estimate of drug-likeness (QED) is 0.320. The van der Waals surface area contributed by atoms with Gasteiger partial charge in [-0.25, -0.2) is 4.98 Å². The minimum atomic E-state index is -4.09. The fourth-order valence-electron chi connectivity index (χ4n) is 2.72. The maximum Gasteiger partial charge on any atom is 0.294 e. The van der Waals surface area contributed by atoms with Gasteiger partial charge in [-0.05, 0) is 47.2 Å². The molecule has 2 N–H and O–H groups in total. The lowest BCUT2D eigenvalue weighted by Gasteiger charge is -2.12. The van der Waals surface area contributed by atoms with Crippen molar-refractivity contribution in [2.24, 2.45) is 10.2 Å². The van der Waals surface area contributed by atoms with E-state index in [4.69, 9.17) is 4.55 Å². The summed E-state index contributed by atoms with van der Waals surface area (Å²) in [5.41, 5.74) is 1.33. The highest BCUT2D eigenvalue weighted by molar-refractivity contribution is 7.85. The molecule has 0 radical (unpaired) electrons. The Morgan fingerprint density at radius 1 is 0.844 bits per heavy atom. The summed E-state index contributed by atoms with van der Waals surface area (Å²) in [6.07, 6.45) is 1.64. The second-order valence-corrected chi connectivity index (χ2v) is 8.36. The lowest BCUT2D eigenvalue weighted by atomic mass is 10.1. The van der Waals surface area contributed by atoms with Gasteiger partial charge in [0.05, 0.1) is 4.90 Å². The fraction of sp³-hybridized carbons (Fsp3) is 0.0870. The molecule has 9 heteroatoms. The Kier molecular flexibility index (Phi) is 7.14. The number of phenolic OH excluding ortho intramolecular Hbond substituents is 1. The van der Waals surface area contributed by atoms with Crippen molar-refractivity contribution in [1.29, 1.82) is 0 Å². The van der Waals surface area contributed by atoms with Gasteiger partial charge in [0.1, 0.15) is 11.4 Å². The van der Waals surface area contributed by atoms with E-state index in [1.54, 1.807) is 36.5 Å². The largest absolute Gasteiger partial charge is 0.506 e. The van der Waals surface area contributed by atoms with Gasteiger partial charge in [-0.3, -0.25) is 4.55 Å². The Hall–Kier alpha value is -3.82. The van der Waals surface area contributed by atoms with Gasteiger partial charge in [0, 0.05) is 32.0 Å². The second-order valence-electron chi connectivity index (χ2n) is 6.94. The van der Waals surface area contributed by atoms with Crippen LogP contribution in [0.2, 0.25) is 0 Å². The van der Waals surface area contributed by atoms with Crippen LogP contribution in [0.4, 0.5) is 17.2 Å². The summed E-state index contributed by atoms with van der Waals surface area (Å²) in [4.78, 5) is 5.85. The maximum atomic E-state index is 10.8. The van der Waals surface area contributed by atoms with Crippen molar-refractivity contribution >= 4 is 38.1 Å². The van der Waals surface area contributed by atoms with Crippen molar-refractivity contribution < 1.29 is 18.1 Å². The summed E-state index contributed by atoms with van der Waals surface area (Å²) in [5, 5.41) is 19.5. The average molecular weight is 451 g/mol. The first kappa shape index (κ1) is 22.9. The van der Waals surface area contributed by atoms with E-state index in [9.17, 15) is 13.5 Å². The Morgan fingerprint density at radius 2 is 1.56 bits per heavy atom. The molecule has 0 unspecified atom stereocenters. The van der Waals surface area contributed by atoms with Crippen LogP contribution in [0.15, 0.2) is 100 Å². The second kappa shape index (κ2) is 9.99. The molecular weight excluding hydrogens is 428 g/mol. The molecule has 8 nitrogen and oxygen atoms in total. The van der Waals surface area contributed by atoms with Crippen molar-refractivity contribution in [2.75, 3.05) is 19.0 Å². The number of hydrogen-bond acceptors (Lipinski definition) is 7. The third kappa shape index (κ3) is 6.10. The lowest BCUT2D eigenvalue weighted by molar-refractivity contribution is 0.476. The SMILES string of the molecule is CN(C)c1ccc(N=Nc2ccccn2)c(O)c1.O=S(=O)(O)c1ccc2ccccc2c1. The number of benzene rings is 3. The number of aromatic hydroxyl groups is 1. The number of aromatic nitrogens is 1. The molecule has 164 valence electrons. The van der Waals surface area contributed by atoms with Crippen LogP contribution in [0.25, 0.3) is 10.8 Å². The molecule has 0 aliphatic carbocycles. The molecule has 3 aromatic carbocycles. The molecular formula is C23H22N4O4S. The highest BCUT2D eigenvalue weighted by Gasteiger charge is 2.09. The number of nitrogens with zero attached hydrogens (tertiary/aromatic N) is 4. The van der Waals surface area contributed by atoms with E-state index in [0.29, 0.717) is 11.5 Å².